The van der Waals surface area contributed by atoms with E-state index >= 15 is 0 Å². The SMILES string of the molecule is CC(O)CCN(C)C(=O)NC(C)c1nc(C2CCCC2)no1. The van der Waals surface area contributed by atoms with Gasteiger partial charge in [-0.05, 0) is 33.1 Å². The Morgan fingerprint density at radius 1 is 1.45 bits per heavy atom. The molecule has 0 saturated heterocycles. The molecule has 7 nitrogen and oxygen atoms in total. The molecule has 0 bridgehead atoms. The molecular formula is C15H26N4O3. The van der Waals surface area contributed by atoms with Crippen LogP contribution in [0.1, 0.15) is 69.6 Å². The van der Waals surface area contributed by atoms with E-state index in [2.05, 4.69) is 15.5 Å². The van der Waals surface area contributed by atoms with Crippen LogP contribution in [-0.2, 0) is 0 Å². The van der Waals surface area contributed by atoms with Crippen molar-refractivity contribution in [3.8, 4) is 0 Å². The van der Waals surface area contributed by atoms with Gasteiger partial charge in [0.25, 0.3) is 0 Å². The van der Waals surface area contributed by atoms with Crippen LogP contribution in [0, 0.1) is 0 Å². The molecule has 1 saturated carbocycles. The Morgan fingerprint density at radius 2 is 2.14 bits per heavy atom. The summed E-state index contributed by atoms with van der Waals surface area (Å²) in [4.78, 5) is 18.0. The van der Waals surface area contributed by atoms with Crippen molar-refractivity contribution in [3.05, 3.63) is 11.7 Å². The fourth-order valence-corrected chi connectivity index (χ4v) is 2.61. The third kappa shape index (κ3) is 4.43. The summed E-state index contributed by atoms with van der Waals surface area (Å²) in [5.41, 5.74) is 0. The molecule has 1 aromatic heterocycles. The Morgan fingerprint density at radius 3 is 2.77 bits per heavy atom. The molecule has 7 heteroatoms. The number of aliphatic hydroxyl groups excluding tert-OH is 1. The number of aromatic nitrogens is 2. The summed E-state index contributed by atoms with van der Waals surface area (Å²) >= 11 is 0. The van der Waals surface area contributed by atoms with Crippen molar-refractivity contribution in [2.45, 2.75) is 64.0 Å². The van der Waals surface area contributed by atoms with Gasteiger partial charge in [-0.15, -0.1) is 0 Å². The van der Waals surface area contributed by atoms with E-state index in [1.165, 1.54) is 17.7 Å². The first-order valence-electron chi connectivity index (χ1n) is 8.00. The van der Waals surface area contributed by atoms with Crippen LogP contribution < -0.4 is 5.32 Å². The van der Waals surface area contributed by atoms with Gasteiger partial charge in [0, 0.05) is 19.5 Å². The van der Waals surface area contributed by atoms with Crippen LogP contribution in [-0.4, -0.2) is 45.9 Å². The zero-order valence-electron chi connectivity index (χ0n) is 13.6. The molecule has 2 atom stereocenters. The number of nitrogens with zero attached hydrogens (tertiary/aromatic N) is 3. The van der Waals surface area contributed by atoms with Gasteiger partial charge in [-0.2, -0.15) is 4.98 Å². The van der Waals surface area contributed by atoms with Crippen LogP contribution in [0.4, 0.5) is 4.79 Å². The molecule has 1 aliphatic carbocycles. The molecule has 1 heterocycles. The van der Waals surface area contributed by atoms with E-state index < -0.39 is 6.10 Å². The van der Waals surface area contributed by atoms with Crippen molar-refractivity contribution < 1.29 is 14.4 Å². The fraction of sp³-hybridized carbons (Fsp3) is 0.800. The van der Waals surface area contributed by atoms with E-state index in [0.717, 1.165) is 18.7 Å². The zero-order valence-corrected chi connectivity index (χ0v) is 13.6. The number of aliphatic hydroxyl groups is 1. The van der Waals surface area contributed by atoms with E-state index in [0.29, 0.717) is 24.8 Å². The predicted octanol–water partition coefficient (Wildman–Crippen LogP) is 2.20. The van der Waals surface area contributed by atoms with Crippen molar-refractivity contribution in [3.63, 3.8) is 0 Å². The Labute approximate surface area is 131 Å². The standard InChI is InChI=1S/C15H26N4O3/c1-10(20)8-9-19(3)15(21)16-11(2)14-17-13(18-22-14)12-6-4-5-7-12/h10-12,20H,4-9H2,1-3H3,(H,16,21). The minimum atomic E-state index is -0.419. The Balaban J connectivity index is 1.85. The Kier molecular flexibility index (Phi) is 5.76. The third-order valence-electron chi connectivity index (χ3n) is 4.12. The van der Waals surface area contributed by atoms with Crippen LogP contribution in [0.15, 0.2) is 4.52 Å². The number of nitrogens with one attached hydrogen (secondary N) is 1. The number of hydrogen-bond acceptors (Lipinski definition) is 5. The summed E-state index contributed by atoms with van der Waals surface area (Å²) in [6.07, 6.45) is 4.79. The van der Waals surface area contributed by atoms with Crippen molar-refractivity contribution in [2.75, 3.05) is 13.6 Å². The zero-order chi connectivity index (χ0) is 16.1. The first-order chi connectivity index (χ1) is 10.5. The largest absolute Gasteiger partial charge is 0.393 e. The molecule has 124 valence electrons. The second kappa shape index (κ2) is 7.58. The average molecular weight is 310 g/mol. The van der Waals surface area contributed by atoms with Gasteiger partial charge < -0.3 is 19.8 Å². The van der Waals surface area contributed by atoms with Gasteiger partial charge in [-0.3, -0.25) is 0 Å². The summed E-state index contributed by atoms with van der Waals surface area (Å²) in [5, 5.41) is 16.1. The minimum Gasteiger partial charge on any atom is -0.393 e. The quantitative estimate of drug-likeness (QED) is 0.840. The highest BCUT2D eigenvalue weighted by Crippen LogP contribution is 2.32. The summed E-state index contributed by atoms with van der Waals surface area (Å²) in [6, 6.07) is -0.544. The van der Waals surface area contributed by atoms with Gasteiger partial charge in [0.2, 0.25) is 5.89 Å². The van der Waals surface area contributed by atoms with Crippen molar-refractivity contribution in [1.82, 2.24) is 20.4 Å². The van der Waals surface area contributed by atoms with Crippen molar-refractivity contribution in [1.29, 1.82) is 0 Å². The van der Waals surface area contributed by atoms with E-state index in [1.807, 2.05) is 6.92 Å². The van der Waals surface area contributed by atoms with Crippen molar-refractivity contribution >= 4 is 6.03 Å². The smallest absolute Gasteiger partial charge is 0.317 e. The maximum absolute atomic E-state index is 12.0. The number of urea groups is 1. The molecule has 2 unspecified atom stereocenters. The highest BCUT2D eigenvalue weighted by molar-refractivity contribution is 5.74. The van der Waals surface area contributed by atoms with Gasteiger partial charge in [-0.1, -0.05) is 18.0 Å². The van der Waals surface area contributed by atoms with Crippen LogP contribution in [0.25, 0.3) is 0 Å². The van der Waals surface area contributed by atoms with E-state index in [1.54, 1.807) is 14.0 Å². The number of carbonyl (C=O) groups excluding carboxylic acids is 1. The molecule has 2 N–H and O–H groups in total. The van der Waals surface area contributed by atoms with Crippen LogP contribution in [0.2, 0.25) is 0 Å². The molecule has 1 aromatic rings. The molecule has 22 heavy (non-hydrogen) atoms. The van der Waals surface area contributed by atoms with Crippen LogP contribution >= 0.6 is 0 Å². The summed E-state index contributed by atoms with van der Waals surface area (Å²) in [5.74, 6) is 1.60. The lowest BCUT2D eigenvalue weighted by Gasteiger charge is -2.20. The van der Waals surface area contributed by atoms with Gasteiger partial charge in [0.15, 0.2) is 5.82 Å². The second-order valence-electron chi connectivity index (χ2n) is 6.20. The molecular weight excluding hydrogens is 284 g/mol. The van der Waals surface area contributed by atoms with E-state index in [9.17, 15) is 9.90 Å². The third-order valence-corrected chi connectivity index (χ3v) is 4.12. The first-order valence-corrected chi connectivity index (χ1v) is 8.00. The molecule has 1 aliphatic rings. The van der Waals surface area contributed by atoms with Gasteiger partial charge in [-0.25, -0.2) is 4.79 Å². The Hall–Kier alpha value is -1.63. The topological polar surface area (TPSA) is 91.5 Å². The molecule has 2 rings (SSSR count). The number of amides is 2. The van der Waals surface area contributed by atoms with Crippen molar-refractivity contribution in [2.24, 2.45) is 0 Å². The number of rotatable bonds is 6. The average Bonchev–Trinajstić information content (AvgIpc) is 3.14. The molecule has 0 spiro atoms. The number of hydrogen-bond donors (Lipinski definition) is 2. The maximum Gasteiger partial charge on any atom is 0.317 e. The first kappa shape index (κ1) is 16.7. The molecule has 0 aliphatic heterocycles. The molecule has 1 fully saturated rings. The molecule has 0 radical (unpaired) electrons. The fourth-order valence-electron chi connectivity index (χ4n) is 2.61. The monoisotopic (exact) mass is 310 g/mol. The summed E-state index contributed by atoms with van der Waals surface area (Å²) < 4.78 is 5.28. The van der Waals surface area contributed by atoms with Crippen LogP contribution in [0.3, 0.4) is 0 Å². The maximum atomic E-state index is 12.0. The van der Waals surface area contributed by atoms with Gasteiger partial charge in [0.05, 0.1) is 6.10 Å². The van der Waals surface area contributed by atoms with Gasteiger partial charge >= 0.3 is 6.03 Å². The van der Waals surface area contributed by atoms with E-state index in [4.69, 9.17) is 4.52 Å². The lowest BCUT2D eigenvalue weighted by Crippen LogP contribution is -2.39. The summed E-state index contributed by atoms with van der Waals surface area (Å²) in [6.45, 7) is 4.02. The van der Waals surface area contributed by atoms with Gasteiger partial charge in [0.1, 0.15) is 6.04 Å². The Bertz CT molecular complexity index is 483. The predicted molar refractivity (Wildman–Crippen MR) is 81.4 cm³/mol. The minimum absolute atomic E-state index is 0.214. The lowest BCUT2D eigenvalue weighted by molar-refractivity contribution is 0.161. The summed E-state index contributed by atoms with van der Waals surface area (Å²) in [7, 11) is 1.70. The second-order valence-corrected chi connectivity index (χ2v) is 6.20. The highest BCUT2D eigenvalue weighted by atomic mass is 16.5. The van der Waals surface area contributed by atoms with Crippen LogP contribution in [0.5, 0.6) is 0 Å². The number of carbonyl (C=O) groups is 1. The molecule has 0 aromatic carbocycles. The lowest BCUT2D eigenvalue weighted by atomic mass is 10.1. The molecule has 2 amide bonds. The normalized spacial score (nSPS) is 18.2. The van der Waals surface area contributed by atoms with E-state index in [-0.39, 0.29) is 12.1 Å². The highest BCUT2D eigenvalue weighted by Gasteiger charge is 2.24.